The number of anilines is 1. The van der Waals surface area contributed by atoms with E-state index in [0.29, 0.717) is 6.04 Å². The number of nitrogens with zero attached hydrogens (tertiary/aromatic N) is 1. The molecule has 1 aliphatic carbocycles. The summed E-state index contributed by atoms with van der Waals surface area (Å²) in [5.41, 5.74) is 6.04. The van der Waals surface area contributed by atoms with Gasteiger partial charge in [-0.25, -0.2) is 4.98 Å². The molecule has 3 N–H and O–H groups in total. The van der Waals surface area contributed by atoms with Gasteiger partial charge in [0, 0.05) is 18.3 Å². The molecule has 1 heterocycles. The molecule has 3 nitrogen and oxygen atoms in total. The third-order valence-electron chi connectivity index (χ3n) is 2.82. The molecule has 0 bridgehead atoms. The van der Waals surface area contributed by atoms with Crippen LogP contribution in [0.5, 0.6) is 0 Å². The first-order valence-corrected chi connectivity index (χ1v) is 5.29. The highest BCUT2D eigenvalue weighted by atomic mass is 15.0. The Morgan fingerprint density at radius 1 is 1.29 bits per heavy atom. The Bertz CT molecular complexity index is 273. The molecule has 0 radical (unpaired) electrons. The number of pyridine rings is 1. The molecule has 1 fully saturated rings. The van der Waals surface area contributed by atoms with Crippen molar-refractivity contribution in [2.24, 2.45) is 5.73 Å². The van der Waals surface area contributed by atoms with Crippen LogP contribution in [0.3, 0.4) is 0 Å². The Hall–Kier alpha value is -1.09. The molecule has 0 unspecified atom stereocenters. The smallest absolute Gasteiger partial charge is 0.126 e. The molecule has 1 saturated carbocycles. The molecule has 1 aliphatic rings. The molecule has 14 heavy (non-hydrogen) atoms. The highest BCUT2D eigenvalue weighted by molar-refractivity contribution is 5.35. The van der Waals surface area contributed by atoms with Gasteiger partial charge in [0.1, 0.15) is 5.82 Å². The quantitative estimate of drug-likeness (QED) is 0.749. The summed E-state index contributed by atoms with van der Waals surface area (Å²) in [6.07, 6.45) is 6.64. The molecule has 0 saturated heterocycles. The molecule has 0 aromatic carbocycles. The minimum absolute atomic E-state index is 0.283. The second kappa shape index (κ2) is 4.42. The minimum atomic E-state index is 0.283. The van der Waals surface area contributed by atoms with Crippen LogP contribution in [0.15, 0.2) is 24.4 Å². The summed E-state index contributed by atoms with van der Waals surface area (Å²) in [6, 6.07) is 6.58. The van der Waals surface area contributed by atoms with Crippen LogP contribution in [0.1, 0.15) is 25.7 Å². The van der Waals surface area contributed by atoms with Gasteiger partial charge >= 0.3 is 0 Å². The SMILES string of the molecule is N[C@@H]1CCCC[C@H]1Nc1ccccn1. The van der Waals surface area contributed by atoms with Gasteiger partial charge < -0.3 is 11.1 Å². The lowest BCUT2D eigenvalue weighted by Gasteiger charge is -2.29. The van der Waals surface area contributed by atoms with Crippen LogP contribution in [-0.4, -0.2) is 17.1 Å². The summed E-state index contributed by atoms with van der Waals surface area (Å²) < 4.78 is 0. The van der Waals surface area contributed by atoms with Crippen molar-refractivity contribution in [1.82, 2.24) is 4.98 Å². The molecule has 2 atom stereocenters. The second-order valence-corrected chi connectivity index (χ2v) is 3.91. The first kappa shape index (κ1) is 9.46. The van der Waals surface area contributed by atoms with Gasteiger partial charge in [0.15, 0.2) is 0 Å². The fraction of sp³-hybridized carbons (Fsp3) is 0.545. The van der Waals surface area contributed by atoms with Crippen molar-refractivity contribution in [1.29, 1.82) is 0 Å². The van der Waals surface area contributed by atoms with E-state index in [-0.39, 0.29) is 6.04 Å². The summed E-state index contributed by atoms with van der Waals surface area (Å²) >= 11 is 0. The summed E-state index contributed by atoms with van der Waals surface area (Å²) in [6.45, 7) is 0. The number of aromatic nitrogens is 1. The Balaban J connectivity index is 1.96. The van der Waals surface area contributed by atoms with Gasteiger partial charge in [0.05, 0.1) is 0 Å². The Kier molecular flexibility index (Phi) is 2.99. The van der Waals surface area contributed by atoms with Gasteiger partial charge in [-0.05, 0) is 25.0 Å². The molecule has 3 heteroatoms. The summed E-state index contributed by atoms with van der Waals surface area (Å²) in [7, 11) is 0. The van der Waals surface area contributed by atoms with Crippen LogP contribution >= 0.6 is 0 Å². The second-order valence-electron chi connectivity index (χ2n) is 3.91. The van der Waals surface area contributed by atoms with Crippen molar-refractivity contribution in [2.75, 3.05) is 5.32 Å². The van der Waals surface area contributed by atoms with E-state index in [1.165, 1.54) is 12.8 Å². The van der Waals surface area contributed by atoms with Crippen LogP contribution in [0.25, 0.3) is 0 Å². The van der Waals surface area contributed by atoms with Crippen LogP contribution in [0, 0.1) is 0 Å². The van der Waals surface area contributed by atoms with Crippen molar-refractivity contribution in [3.8, 4) is 0 Å². The van der Waals surface area contributed by atoms with E-state index in [1.807, 2.05) is 18.2 Å². The molecule has 2 rings (SSSR count). The average molecular weight is 191 g/mol. The third kappa shape index (κ3) is 2.23. The minimum Gasteiger partial charge on any atom is -0.366 e. The molecule has 0 aliphatic heterocycles. The van der Waals surface area contributed by atoms with Gasteiger partial charge in [-0.15, -0.1) is 0 Å². The molecule has 0 amide bonds. The zero-order chi connectivity index (χ0) is 9.80. The molecule has 1 aromatic heterocycles. The highest BCUT2D eigenvalue weighted by Crippen LogP contribution is 2.19. The normalized spacial score (nSPS) is 27.2. The Labute approximate surface area is 84.7 Å². The zero-order valence-corrected chi connectivity index (χ0v) is 8.32. The fourth-order valence-corrected chi connectivity index (χ4v) is 1.98. The predicted octanol–water partition coefficient (Wildman–Crippen LogP) is 1.76. The molecular formula is C11H17N3. The van der Waals surface area contributed by atoms with E-state index in [9.17, 15) is 0 Å². The lowest BCUT2D eigenvalue weighted by Crippen LogP contribution is -2.42. The predicted molar refractivity (Wildman–Crippen MR) is 58.1 cm³/mol. The van der Waals surface area contributed by atoms with E-state index < -0.39 is 0 Å². The summed E-state index contributed by atoms with van der Waals surface area (Å²) in [4.78, 5) is 4.24. The van der Waals surface area contributed by atoms with Gasteiger partial charge in [0.2, 0.25) is 0 Å². The first-order valence-electron chi connectivity index (χ1n) is 5.29. The van der Waals surface area contributed by atoms with Gasteiger partial charge in [-0.3, -0.25) is 0 Å². The number of rotatable bonds is 2. The maximum Gasteiger partial charge on any atom is 0.126 e. The number of nitrogens with one attached hydrogen (secondary N) is 1. The van der Waals surface area contributed by atoms with E-state index in [1.54, 1.807) is 6.20 Å². The van der Waals surface area contributed by atoms with Crippen molar-refractivity contribution >= 4 is 5.82 Å². The van der Waals surface area contributed by atoms with E-state index in [2.05, 4.69) is 10.3 Å². The Morgan fingerprint density at radius 3 is 2.86 bits per heavy atom. The topological polar surface area (TPSA) is 50.9 Å². The van der Waals surface area contributed by atoms with E-state index in [4.69, 9.17) is 5.73 Å². The number of hydrogen-bond donors (Lipinski definition) is 2. The monoisotopic (exact) mass is 191 g/mol. The van der Waals surface area contributed by atoms with Crippen LogP contribution < -0.4 is 11.1 Å². The third-order valence-corrected chi connectivity index (χ3v) is 2.82. The van der Waals surface area contributed by atoms with Gasteiger partial charge in [-0.2, -0.15) is 0 Å². The lowest BCUT2D eigenvalue weighted by atomic mass is 9.91. The van der Waals surface area contributed by atoms with Crippen molar-refractivity contribution < 1.29 is 0 Å². The van der Waals surface area contributed by atoms with Crippen LogP contribution in [0.4, 0.5) is 5.82 Å². The van der Waals surface area contributed by atoms with Crippen LogP contribution in [-0.2, 0) is 0 Å². The van der Waals surface area contributed by atoms with Crippen molar-refractivity contribution in [3.05, 3.63) is 24.4 Å². The zero-order valence-electron chi connectivity index (χ0n) is 8.32. The van der Waals surface area contributed by atoms with Crippen molar-refractivity contribution in [2.45, 2.75) is 37.8 Å². The first-order chi connectivity index (χ1) is 6.86. The molecule has 1 aromatic rings. The molecule has 76 valence electrons. The summed E-state index contributed by atoms with van der Waals surface area (Å²) in [5, 5.41) is 3.39. The summed E-state index contributed by atoms with van der Waals surface area (Å²) in [5.74, 6) is 0.940. The fourth-order valence-electron chi connectivity index (χ4n) is 1.98. The van der Waals surface area contributed by atoms with Crippen molar-refractivity contribution in [3.63, 3.8) is 0 Å². The molecular weight excluding hydrogens is 174 g/mol. The van der Waals surface area contributed by atoms with E-state index >= 15 is 0 Å². The number of hydrogen-bond acceptors (Lipinski definition) is 3. The average Bonchev–Trinajstić information content (AvgIpc) is 2.23. The van der Waals surface area contributed by atoms with Gasteiger partial charge in [0.25, 0.3) is 0 Å². The van der Waals surface area contributed by atoms with Gasteiger partial charge in [-0.1, -0.05) is 18.9 Å². The maximum absolute atomic E-state index is 6.04. The van der Waals surface area contributed by atoms with Crippen LogP contribution in [0.2, 0.25) is 0 Å². The lowest BCUT2D eigenvalue weighted by molar-refractivity contribution is 0.403. The maximum atomic E-state index is 6.04. The van der Waals surface area contributed by atoms with E-state index in [0.717, 1.165) is 18.7 Å². The number of nitrogens with two attached hydrogens (primary N) is 1. The standard InChI is InChI=1S/C11H17N3/c12-9-5-1-2-6-10(9)14-11-7-3-4-8-13-11/h3-4,7-10H,1-2,5-6,12H2,(H,13,14)/t9-,10-/m1/s1. The molecule has 0 spiro atoms. The highest BCUT2D eigenvalue weighted by Gasteiger charge is 2.21. The Morgan fingerprint density at radius 2 is 2.14 bits per heavy atom. The largest absolute Gasteiger partial charge is 0.366 e.